The maximum Gasteiger partial charge on any atom is 0.166 e. The number of aromatic nitrogens is 6. The van der Waals surface area contributed by atoms with Crippen molar-refractivity contribution in [3.63, 3.8) is 0 Å². The van der Waals surface area contributed by atoms with Crippen LogP contribution < -0.4 is 4.90 Å². The van der Waals surface area contributed by atoms with Crippen LogP contribution in [-0.2, 0) is 11.3 Å². The summed E-state index contributed by atoms with van der Waals surface area (Å²) in [6.07, 6.45) is 3.51. The topological polar surface area (TPSA) is 81.9 Å². The standard InChI is InChI=1S/C21H21N7O/c1-2-27-14-22-18-20(27)24-19(25-21(18)28-9-11-29-12-10-28)16-6-3-5-15(13-16)17-7-4-8-23-26-17/h3-8,13-14H,2,9-12H2,1H3. The number of hydrogen-bond donors (Lipinski definition) is 0. The molecule has 8 heteroatoms. The minimum absolute atomic E-state index is 0.680. The van der Waals surface area contributed by atoms with Crippen LogP contribution in [0.2, 0.25) is 0 Å². The summed E-state index contributed by atoms with van der Waals surface area (Å²) in [4.78, 5) is 16.6. The van der Waals surface area contributed by atoms with Crippen LogP contribution in [0.1, 0.15) is 6.92 Å². The van der Waals surface area contributed by atoms with Gasteiger partial charge in [-0.05, 0) is 25.1 Å². The molecule has 4 aromatic rings. The van der Waals surface area contributed by atoms with Crippen molar-refractivity contribution >= 4 is 17.0 Å². The van der Waals surface area contributed by atoms with Gasteiger partial charge in [0.1, 0.15) is 0 Å². The zero-order chi connectivity index (χ0) is 19.6. The number of nitrogens with zero attached hydrogens (tertiary/aromatic N) is 7. The summed E-state index contributed by atoms with van der Waals surface area (Å²) in [5.74, 6) is 1.55. The number of benzene rings is 1. The summed E-state index contributed by atoms with van der Waals surface area (Å²) in [6, 6.07) is 11.9. The molecule has 0 aliphatic carbocycles. The molecular formula is C21H21N7O. The van der Waals surface area contributed by atoms with E-state index in [1.807, 2.05) is 36.7 Å². The van der Waals surface area contributed by atoms with Crippen molar-refractivity contribution in [3.8, 4) is 22.6 Å². The molecule has 0 amide bonds. The molecule has 146 valence electrons. The summed E-state index contributed by atoms with van der Waals surface area (Å²) in [5.41, 5.74) is 4.43. The van der Waals surface area contributed by atoms with Gasteiger partial charge in [-0.2, -0.15) is 10.2 Å². The largest absolute Gasteiger partial charge is 0.378 e. The molecule has 1 aromatic carbocycles. The minimum Gasteiger partial charge on any atom is -0.378 e. The monoisotopic (exact) mass is 387 g/mol. The molecule has 0 saturated carbocycles. The van der Waals surface area contributed by atoms with Gasteiger partial charge in [0.2, 0.25) is 0 Å². The van der Waals surface area contributed by atoms with Crippen molar-refractivity contribution in [2.45, 2.75) is 13.5 Å². The molecule has 8 nitrogen and oxygen atoms in total. The fraction of sp³-hybridized carbons (Fsp3) is 0.286. The third kappa shape index (κ3) is 3.31. The molecule has 1 saturated heterocycles. The van der Waals surface area contributed by atoms with E-state index in [0.29, 0.717) is 19.0 Å². The van der Waals surface area contributed by atoms with Crippen molar-refractivity contribution < 1.29 is 4.74 Å². The highest BCUT2D eigenvalue weighted by atomic mass is 16.5. The Labute approximate surface area is 168 Å². The van der Waals surface area contributed by atoms with Crippen molar-refractivity contribution in [2.24, 2.45) is 0 Å². The number of anilines is 1. The number of fused-ring (bicyclic) bond motifs is 1. The fourth-order valence-corrected chi connectivity index (χ4v) is 3.56. The van der Waals surface area contributed by atoms with E-state index in [-0.39, 0.29) is 0 Å². The lowest BCUT2D eigenvalue weighted by Gasteiger charge is -2.28. The lowest BCUT2D eigenvalue weighted by Crippen LogP contribution is -2.37. The second kappa shape index (κ2) is 7.56. The van der Waals surface area contributed by atoms with Crippen LogP contribution >= 0.6 is 0 Å². The van der Waals surface area contributed by atoms with Crippen LogP contribution in [0.5, 0.6) is 0 Å². The van der Waals surface area contributed by atoms with Gasteiger partial charge in [-0.25, -0.2) is 15.0 Å². The van der Waals surface area contributed by atoms with E-state index in [9.17, 15) is 0 Å². The Bertz CT molecular complexity index is 1140. The van der Waals surface area contributed by atoms with Crippen LogP contribution in [0.15, 0.2) is 48.9 Å². The molecular weight excluding hydrogens is 366 g/mol. The van der Waals surface area contributed by atoms with E-state index < -0.39 is 0 Å². The van der Waals surface area contributed by atoms with Crippen LogP contribution in [0, 0.1) is 0 Å². The number of hydrogen-bond acceptors (Lipinski definition) is 7. The lowest BCUT2D eigenvalue weighted by atomic mass is 10.1. The smallest absolute Gasteiger partial charge is 0.166 e. The lowest BCUT2D eigenvalue weighted by molar-refractivity contribution is 0.122. The molecule has 1 aliphatic heterocycles. The average molecular weight is 387 g/mol. The fourth-order valence-electron chi connectivity index (χ4n) is 3.56. The molecule has 1 aliphatic rings. The molecule has 4 heterocycles. The maximum atomic E-state index is 5.52. The first-order chi connectivity index (χ1) is 14.3. The molecule has 0 N–H and O–H groups in total. The van der Waals surface area contributed by atoms with Crippen molar-refractivity contribution in [3.05, 3.63) is 48.9 Å². The Hall–Kier alpha value is -3.39. The summed E-state index contributed by atoms with van der Waals surface area (Å²) in [5, 5.41) is 8.20. The molecule has 1 fully saturated rings. The Kier molecular flexibility index (Phi) is 4.61. The Balaban J connectivity index is 1.65. The highest BCUT2D eigenvalue weighted by Crippen LogP contribution is 2.29. The first-order valence-corrected chi connectivity index (χ1v) is 9.77. The van der Waals surface area contributed by atoms with Crippen molar-refractivity contribution in [1.82, 2.24) is 29.7 Å². The van der Waals surface area contributed by atoms with E-state index in [4.69, 9.17) is 14.7 Å². The van der Waals surface area contributed by atoms with E-state index in [0.717, 1.165) is 53.4 Å². The van der Waals surface area contributed by atoms with Crippen LogP contribution in [-0.4, -0.2) is 56.0 Å². The molecule has 29 heavy (non-hydrogen) atoms. The molecule has 0 bridgehead atoms. The summed E-state index contributed by atoms with van der Waals surface area (Å²) in [6.45, 7) is 5.87. The number of rotatable bonds is 4. The van der Waals surface area contributed by atoms with E-state index in [1.54, 1.807) is 6.20 Å². The summed E-state index contributed by atoms with van der Waals surface area (Å²) in [7, 11) is 0. The predicted molar refractivity (Wildman–Crippen MR) is 110 cm³/mol. The number of aryl methyl sites for hydroxylation is 1. The average Bonchev–Trinajstić information content (AvgIpc) is 3.23. The Morgan fingerprint density at radius 2 is 1.90 bits per heavy atom. The van der Waals surface area contributed by atoms with Gasteiger partial charge in [0.25, 0.3) is 0 Å². The van der Waals surface area contributed by atoms with Gasteiger partial charge in [0, 0.05) is 37.0 Å². The molecule has 0 unspecified atom stereocenters. The predicted octanol–water partition coefficient (Wildman–Crippen LogP) is 2.81. The molecule has 0 atom stereocenters. The van der Waals surface area contributed by atoms with E-state index >= 15 is 0 Å². The quantitative estimate of drug-likeness (QED) is 0.532. The second-order valence-electron chi connectivity index (χ2n) is 6.86. The van der Waals surface area contributed by atoms with Crippen LogP contribution in [0.4, 0.5) is 5.82 Å². The van der Waals surface area contributed by atoms with Gasteiger partial charge < -0.3 is 14.2 Å². The third-order valence-electron chi connectivity index (χ3n) is 5.09. The highest BCUT2D eigenvalue weighted by Gasteiger charge is 2.21. The zero-order valence-corrected chi connectivity index (χ0v) is 16.2. The second-order valence-corrected chi connectivity index (χ2v) is 6.86. The van der Waals surface area contributed by atoms with Gasteiger partial charge in [-0.1, -0.05) is 18.2 Å². The first kappa shape index (κ1) is 17.7. The van der Waals surface area contributed by atoms with Gasteiger partial charge in [-0.15, -0.1) is 0 Å². The Morgan fingerprint density at radius 1 is 1.03 bits per heavy atom. The maximum absolute atomic E-state index is 5.52. The first-order valence-electron chi connectivity index (χ1n) is 9.77. The van der Waals surface area contributed by atoms with Gasteiger partial charge in [0.15, 0.2) is 22.8 Å². The minimum atomic E-state index is 0.680. The van der Waals surface area contributed by atoms with Gasteiger partial charge in [-0.3, -0.25) is 0 Å². The molecule has 3 aromatic heterocycles. The number of morpholine rings is 1. The van der Waals surface area contributed by atoms with Gasteiger partial charge >= 0.3 is 0 Å². The third-order valence-corrected chi connectivity index (χ3v) is 5.09. The molecule has 0 radical (unpaired) electrons. The van der Waals surface area contributed by atoms with Crippen molar-refractivity contribution in [1.29, 1.82) is 0 Å². The molecule has 0 spiro atoms. The SMILES string of the molecule is CCn1cnc2c(N3CCOCC3)nc(-c3cccc(-c4cccnn4)c3)nc21. The molecule has 5 rings (SSSR count). The van der Waals surface area contributed by atoms with Crippen molar-refractivity contribution in [2.75, 3.05) is 31.2 Å². The van der Waals surface area contributed by atoms with Crippen LogP contribution in [0.25, 0.3) is 33.8 Å². The normalized spacial score (nSPS) is 14.4. The van der Waals surface area contributed by atoms with Crippen LogP contribution in [0.3, 0.4) is 0 Å². The van der Waals surface area contributed by atoms with E-state index in [2.05, 4.69) is 37.6 Å². The summed E-state index contributed by atoms with van der Waals surface area (Å²) < 4.78 is 7.57. The Morgan fingerprint density at radius 3 is 2.69 bits per heavy atom. The summed E-state index contributed by atoms with van der Waals surface area (Å²) >= 11 is 0. The van der Waals surface area contributed by atoms with E-state index in [1.165, 1.54) is 0 Å². The number of imidazole rings is 1. The highest BCUT2D eigenvalue weighted by molar-refractivity contribution is 5.86. The zero-order valence-electron chi connectivity index (χ0n) is 16.2. The van der Waals surface area contributed by atoms with Gasteiger partial charge in [0.05, 0.1) is 25.2 Å². The number of ether oxygens (including phenoxy) is 1.